The van der Waals surface area contributed by atoms with Crippen LogP contribution in [0.1, 0.15) is 49.9 Å². The molecule has 0 fully saturated rings. The third-order valence-corrected chi connectivity index (χ3v) is 3.42. The first-order chi connectivity index (χ1) is 9.26. The highest BCUT2D eigenvalue weighted by Crippen LogP contribution is 2.26. The number of nitrogens with zero attached hydrogens (tertiary/aromatic N) is 1. The van der Waals surface area contributed by atoms with Gasteiger partial charge in [-0.3, -0.25) is 0 Å². The number of rotatable bonds is 0. The summed E-state index contributed by atoms with van der Waals surface area (Å²) in [5, 5.41) is 0. The molecule has 110 valence electrons. The average molecular weight is 276 g/mol. The summed E-state index contributed by atoms with van der Waals surface area (Å²) in [4.78, 5) is 14.0. The predicted octanol–water partition coefficient (Wildman–Crippen LogP) is 3.14. The number of nitrogens with two attached hydrogens (primary N) is 1. The number of carbonyl (C=O) groups is 1. The molecule has 1 atom stereocenters. The number of ether oxygens (including phenoxy) is 1. The molecule has 1 amide bonds. The molecular weight excluding hydrogens is 252 g/mol. The van der Waals surface area contributed by atoms with Gasteiger partial charge in [0.2, 0.25) is 0 Å². The minimum Gasteiger partial charge on any atom is -0.444 e. The van der Waals surface area contributed by atoms with Crippen LogP contribution < -0.4 is 5.73 Å². The van der Waals surface area contributed by atoms with E-state index in [4.69, 9.17) is 10.5 Å². The summed E-state index contributed by atoms with van der Waals surface area (Å²) in [5.74, 6) is 0. The fraction of sp³-hybridized carbons (Fsp3) is 0.562. The summed E-state index contributed by atoms with van der Waals surface area (Å²) in [7, 11) is 0. The van der Waals surface area contributed by atoms with Gasteiger partial charge >= 0.3 is 6.09 Å². The molecule has 1 aliphatic rings. The first-order valence-corrected chi connectivity index (χ1v) is 7.09. The van der Waals surface area contributed by atoms with Gasteiger partial charge in [0, 0.05) is 19.1 Å². The fourth-order valence-electron chi connectivity index (χ4n) is 2.42. The van der Waals surface area contributed by atoms with Crippen molar-refractivity contribution < 1.29 is 9.53 Å². The lowest BCUT2D eigenvalue weighted by Crippen LogP contribution is -2.36. The molecule has 20 heavy (non-hydrogen) atoms. The Hall–Kier alpha value is -1.55. The van der Waals surface area contributed by atoms with E-state index >= 15 is 0 Å². The molecule has 0 saturated heterocycles. The van der Waals surface area contributed by atoms with Crippen LogP contribution in [0.4, 0.5) is 4.79 Å². The second-order valence-corrected chi connectivity index (χ2v) is 6.50. The van der Waals surface area contributed by atoms with Gasteiger partial charge in [0.15, 0.2) is 0 Å². The summed E-state index contributed by atoms with van der Waals surface area (Å²) in [5.41, 5.74) is 9.22. The van der Waals surface area contributed by atoms with Crippen LogP contribution in [0.2, 0.25) is 0 Å². The van der Waals surface area contributed by atoms with Gasteiger partial charge in [-0.25, -0.2) is 4.79 Å². The lowest BCUT2D eigenvalue weighted by Gasteiger charge is -2.26. The van der Waals surface area contributed by atoms with Crippen LogP contribution in [0.25, 0.3) is 0 Å². The van der Waals surface area contributed by atoms with Crippen molar-refractivity contribution in [1.82, 2.24) is 4.90 Å². The maximum Gasteiger partial charge on any atom is 0.410 e. The van der Waals surface area contributed by atoms with E-state index < -0.39 is 5.60 Å². The summed E-state index contributed by atoms with van der Waals surface area (Å²) >= 11 is 0. The van der Waals surface area contributed by atoms with Crippen molar-refractivity contribution in [1.29, 1.82) is 0 Å². The number of aryl methyl sites for hydroxylation is 1. The van der Waals surface area contributed by atoms with E-state index in [0.29, 0.717) is 13.1 Å². The molecule has 1 aromatic carbocycles. The Kier molecular flexibility index (Phi) is 4.04. The topological polar surface area (TPSA) is 55.6 Å². The highest BCUT2D eigenvalue weighted by atomic mass is 16.6. The predicted molar refractivity (Wildman–Crippen MR) is 79.4 cm³/mol. The van der Waals surface area contributed by atoms with Gasteiger partial charge in [-0.05, 0) is 45.2 Å². The number of benzene rings is 1. The van der Waals surface area contributed by atoms with Crippen LogP contribution in [-0.2, 0) is 11.3 Å². The van der Waals surface area contributed by atoms with Crippen molar-refractivity contribution in [2.24, 2.45) is 5.73 Å². The number of fused-ring (bicyclic) bond motifs is 1. The van der Waals surface area contributed by atoms with Gasteiger partial charge in [0.05, 0.1) is 0 Å². The monoisotopic (exact) mass is 276 g/mol. The smallest absolute Gasteiger partial charge is 0.410 e. The molecular formula is C16H24N2O2. The Balaban J connectivity index is 2.20. The molecule has 0 spiro atoms. The zero-order chi connectivity index (χ0) is 14.9. The molecule has 1 heterocycles. The van der Waals surface area contributed by atoms with Crippen LogP contribution in [0, 0.1) is 6.92 Å². The quantitative estimate of drug-likeness (QED) is 0.792. The van der Waals surface area contributed by atoms with Crippen LogP contribution in [0.3, 0.4) is 0 Å². The molecule has 0 saturated carbocycles. The maximum absolute atomic E-state index is 12.2. The molecule has 2 N–H and O–H groups in total. The normalized spacial score (nSPS) is 19.2. The van der Waals surface area contributed by atoms with E-state index in [1.165, 1.54) is 5.56 Å². The number of carbonyl (C=O) groups excluding carboxylic acids is 1. The van der Waals surface area contributed by atoms with Crippen LogP contribution in [0.5, 0.6) is 0 Å². The van der Waals surface area contributed by atoms with Crippen molar-refractivity contribution >= 4 is 6.09 Å². The van der Waals surface area contributed by atoms with E-state index in [0.717, 1.165) is 17.5 Å². The fourth-order valence-corrected chi connectivity index (χ4v) is 2.42. The first-order valence-electron chi connectivity index (χ1n) is 7.09. The summed E-state index contributed by atoms with van der Waals surface area (Å²) < 4.78 is 5.45. The van der Waals surface area contributed by atoms with Crippen molar-refractivity contribution in [2.75, 3.05) is 6.54 Å². The zero-order valence-corrected chi connectivity index (χ0v) is 12.8. The van der Waals surface area contributed by atoms with Crippen molar-refractivity contribution in [3.8, 4) is 0 Å². The van der Waals surface area contributed by atoms with E-state index in [1.807, 2.05) is 20.8 Å². The largest absolute Gasteiger partial charge is 0.444 e. The van der Waals surface area contributed by atoms with E-state index in [2.05, 4.69) is 25.1 Å². The van der Waals surface area contributed by atoms with Crippen LogP contribution >= 0.6 is 0 Å². The Labute approximate surface area is 120 Å². The van der Waals surface area contributed by atoms with Crippen LogP contribution in [0.15, 0.2) is 18.2 Å². The first kappa shape index (κ1) is 14.9. The minimum atomic E-state index is -0.471. The van der Waals surface area contributed by atoms with Gasteiger partial charge in [-0.2, -0.15) is 0 Å². The van der Waals surface area contributed by atoms with Gasteiger partial charge in [-0.15, -0.1) is 0 Å². The molecule has 0 bridgehead atoms. The van der Waals surface area contributed by atoms with Crippen LogP contribution in [-0.4, -0.2) is 23.1 Å². The van der Waals surface area contributed by atoms with E-state index in [1.54, 1.807) is 4.90 Å². The Bertz CT molecular complexity index is 506. The maximum atomic E-state index is 12.2. The highest BCUT2D eigenvalue weighted by Gasteiger charge is 2.26. The Morgan fingerprint density at radius 1 is 1.40 bits per heavy atom. The van der Waals surface area contributed by atoms with Gasteiger partial charge in [0.1, 0.15) is 5.60 Å². The second kappa shape index (κ2) is 5.44. The SMILES string of the molecule is Cc1ccc2c(c1)C(N)CCN(C(=O)OC(C)(C)C)C2. The molecule has 1 aromatic rings. The van der Waals surface area contributed by atoms with E-state index in [-0.39, 0.29) is 12.1 Å². The van der Waals surface area contributed by atoms with Gasteiger partial charge in [-0.1, -0.05) is 23.8 Å². The molecule has 2 rings (SSSR count). The summed E-state index contributed by atoms with van der Waals surface area (Å²) in [6.45, 7) is 8.90. The Morgan fingerprint density at radius 2 is 2.10 bits per heavy atom. The van der Waals surface area contributed by atoms with Crippen molar-refractivity contribution in [3.05, 3.63) is 34.9 Å². The van der Waals surface area contributed by atoms with Gasteiger partial charge < -0.3 is 15.4 Å². The van der Waals surface area contributed by atoms with Crippen molar-refractivity contribution in [2.45, 2.75) is 52.3 Å². The third-order valence-electron chi connectivity index (χ3n) is 3.42. The third kappa shape index (κ3) is 3.51. The molecule has 1 aliphatic heterocycles. The lowest BCUT2D eigenvalue weighted by atomic mass is 9.98. The highest BCUT2D eigenvalue weighted by molar-refractivity contribution is 5.68. The second-order valence-electron chi connectivity index (χ2n) is 6.50. The zero-order valence-electron chi connectivity index (χ0n) is 12.8. The standard InChI is InChI=1S/C16H24N2O2/c1-11-5-6-12-10-18(15(19)20-16(2,3)4)8-7-14(17)13(12)9-11/h5-6,9,14H,7-8,10,17H2,1-4H3. The average Bonchev–Trinajstić information content (AvgIpc) is 2.48. The summed E-state index contributed by atoms with van der Waals surface area (Å²) in [6, 6.07) is 6.23. The molecule has 0 aromatic heterocycles. The number of hydrogen-bond acceptors (Lipinski definition) is 3. The lowest BCUT2D eigenvalue weighted by molar-refractivity contribution is 0.0235. The molecule has 4 nitrogen and oxygen atoms in total. The number of hydrogen-bond donors (Lipinski definition) is 1. The molecule has 0 aliphatic carbocycles. The Morgan fingerprint density at radius 3 is 2.75 bits per heavy atom. The molecule has 1 unspecified atom stereocenters. The molecule has 4 heteroatoms. The molecule has 0 radical (unpaired) electrons. The van der Waals surface area contributed by atoms with Gasteiger partial charge in [0.25, 0.3) is 0 Å². The van der Waals surface area contributed by atoms with E-state index in [9.17, 15) is 4.79 Å². The number of amides is 1. The summed E-state index contributed by atoms with van der Waals surface area (Å²) in [6.07, 6.45) is 0.494. The van der Waals surface area contributed by atoms with Crippen molar-refractivity contribution in [3.63, 3.8) is 0 Å². The minimum absolute atomic E-state index is 0.0164.